The van der Waals surface area contributed by atoms with Crippen molar-refractivity contribution >= 4 is 5.91 Å². The van der Waals surface area contributed by atoms with Crippen LogP contribution in [0.3, 0.4) is 0 Å². The number of ether oxygens (including phenoxy) is 1. The Morgan fingerprint density at radius 2 is 1.96 bits per heavy atom. The lowest BCUT2D eigenvalue weighted by atomic mass is 10.1. The topological polar surface area (TPSA) is 97.5 Å². The Balaban J connectivity index is 1.54. The average Bonchev–Trinajstić information content (AvgIpc) is 3.14. The van der Waals surface area contributed by atoms with Crippen LogP contribution in [-0.4, -0.2) is 34.3 Å². The van der Waals surface area contributed by atoms with Gasteiger partial charge in [-0.25, -0.2) is 0 Å². The van der Waals surface area contributed by atoms with E-state index in [1.807, 2.05) is 31.2 Å². The van der Waals surface area contributed by atoms with Gasteiger partial charge in [-0.2, -0.15) is 4.98 Å². The molecule has 140 valence electrons. The number of carbonyl (C=O) groups excluding carboxylic acids is 1. The Labute approximate surface area is 157 Å². The minimum absolute atomic E-state index is 0.0943. The molecule has 7 nitrogen and oxygen atoms in total. The normalized spacial score (nSPS) is 10.6. The molecule has 7 heteroatoms. The molecule has 0 atom stereocenters. The molecule has 3 aromatic rings. The SMILES string of the molecule is Cc1ccccc1Cc1noc(COc2ccc(C(=O)NCCO)cc2)n1. The van der Waals surface area contributed by atoms with E-state index in [4.69, 9.17) is 14.4 Å². The molecule has 0 spiro atoms. The predicted molar refractivity (Wildman–Crippen MR) is 98.5 cm³/mol. The van der Waals surface area contributed by atoms with Crippen molar-refractivity contribution in [3.8, 4) is 5.75 Å². The summed E-state index contributed by atoms with van der Waals surface area (Å²) in [4.78, 5) is 16.1. The third kappa shape index (κ3) is 5.15. The largest absolute Gasteiger partial charge is 0.484 e. The first-order valence-corrected chi connectivity index (χ1v) is 8.63. The Hall–Kier alpha value is -3.19. The summed E-state index contributed by atoms with van der Waals surface area (Å²) in [6.45, 7) is 2.33. The molecule has 0 bridgehead atoms. The summed E-state index contributed by atoms with van der Waals surface area (Å²) in [5.41, 5.74) is 2.83. The van der Waals surface area contributed by atoms with Gasteiger partial charge in [-0.15, -0.1) is 0 Å². The molecule has 0 aliphatic heterocycles. The summed E-state index contributed by atoms with van der Waals surface area (Å²) in [5, 5.41) is 15.3. The molecule has 0 aliphatic rings. The highest BCUT2D eigenvalue weighted by Gasteiger charge is 2.10. The molecule has 0 saturated heterocycles. The lowest BCUT2D eigenvalue weighted by molar-refractivity contribution is 0.0944. The van der Waals surface area contributed by atoms with Gasteiger partial charge in [0.25, 0.3) is 11.8 Å². The third-order valence-electron chi connectivity index (χ3n) is 4.00. The number of hydrogen-bond donors (Lipinski definition) is 2. The van der Waals surface area contributed by atoms with Crippen LogP contribution in [-0.2, 0) is 13.0 Å². The molecule has 1 aromatic heterocycles. The van der Waals surface area contributed by atoms with Gasteiger partial charge < -0.3 is 19.7 Å². The van der Waals surface area contributed by atoms with Crippen molar-refractivity contribution < 1.29 is 19.2 Å². The lowest BCUT2D eigenvalue weighted by Crippen LogP contribution is -2.26. The second kappa shape index (κ2) is 8.95. The first kappa shape index (κ1) is 18.6. The number of aliphatic hydroxyl groups excluding tert-OH is 1. The van der Waals surface area contributed by atoms with Gasteiger partial charge in [-0.05, 0) is 42.3 Å². The molecule has 2 aromatic carbocycles. The van der Waals surface area contributed by atoms with E-state index in [2.05, 4.69) is 15.5 Å². The molecule has 0 fully saturated rings. The van der Waals surface area contributed by atoms with Gasteiger partial charge in [-0.1, -0.05) is 29.4 Å². The zero-order valence-corrected chi connectivity index (χ0v) is 15.0. The third-order valence-corrected chi connectivity index (χ3v) is 4.00. The highest BCUT2D eigenvalue weighted by atomic mass is 16.5. The summed E-state index contributed by atoms with van der Waals surface area (Å²) in [6.07, 6.45) is 0.605. The number of nitrogens with one attached hydrogen (secondary N) is 1. The Kier molecular flexibility index (Phi) is 6.17. The maximum Gasteiger partial charge on any atom is 0.264 e. The fraction of sp³-hybridized carbons (Fsp3) is 0.250. The second-order valence-corrected chi connectivity index (χ2v) is 6.00. The predicted octanol–water partition coefficient (Wildman–Crippen LogP) is 2.27. The Morgan fingerprint density at radius 1 is 1.19 bits per heavy atom. The van der Waals surface area contributed by atoms with Crippen LogP contribution in [0.5, 0.6) is 5.75 Å². The molecule has 0 aliphatic carbocycles. The molecule has 1 heterocycles. The number of hydrogen-bond acceptors (Lipinski definition) is 6. The lowest BCUT2D eigenvalue weighted by Gasteiger charge is -2.05. The minimum Gasteiger partial charge on any atom is -0.484 e. The van der Waals surface area contributed by atoms with Gasteiger partial charge in [0.15, 0.2) is 12.4 Å². The van der Waals surface area contributed by atoms with Crippen LogP contribution in [0.1, 0.15) is 33.2 Å². The van der Waals surface area contributed by atoms with E-state index in [-0.39, 0.29) is 25.7 Å². The van der Waals surface area contributed by atoms with E-state index in [1.54, 1.807) is 24.3 Å². The average molecular weight is 367 g/mol. The minimum atomic E-state index is -0.242. The maximum absolute atomic E-state index is 11.8. The number of aromatic nitrogens is 2. The summed E-state index contributed by atoms with van der Waals surface area (Å²) >= 11 is 0. The summed E-state index contributed by atoms with van der Waals surface area (Å²) in [7, 11) is 0. The maximum atomic E-state index is 11.8. The van der Waals surface area contributed by atoms with E-state index >= 15 is 0 Å². The zero-order chi connectivity index (χ0) is 19.1. The molecule has 0 saturated carbocycles. The van der Waals surface area contributed by atoms with Crippen molar-refractivity contribution in [2.45, 2.75) is 20.0 Å². The first-order chi connectivity index (χ1) is 13.2. The number of amides is 1. The number of aryl methyl sites for hydroxylation is 1. The molecular weight excluding hydrogens is 346 g/mol. The van der Waals surface area contributed by atoms with Crippen molar-refractivity contribution in [3.05, 3.63) is 76.9 Å². The number of aliphatic hydroxyl groups is 1. The van der Waals surface area contributed by atoms with Gasteiger partial charge in [-0.3, -0.25) is 4.79 Å². The Bertz CT molecular complexity index is 890. The van der Waals surface area contributed by atoms with Gasteiger partial charge in [0.05, 0.1) is 6.61 Å². The molecule has 3 rings (SSSR count). The first-order valence-electron chi connectivity index (χ1n) is 8.63. The Morgan fingerprint density at radius 3 is 2.70 bits per heavy atom. The number of nitrogens with zero attached hydrogens (tertiary/aromatic N) is 2. The zero-order valence-electron chi connectivity index (χ0n) is 15.0. The van der Waals surface area contributed by atoms with E-state index in [9.17, 15) is 4.79 Å². The van der Waals surface area contributed by atoms with Crippen LogP contribution in [0.4, 0.5) is 0 Å². The van der Waals surface area contributed by atoms with Crippen LogP contribution in [0, 0.1) is 6.92 Å². The molecule has 0 radical (unpaired) electrons. The van der Waals surface area contributed by atoms with E-state index in [0.29, 0.717) is 29.4 Å². The quantitative estimate of drug-likeness (QED) is 0.634. The van der Waals surface area contributed by atoms with Crippen molar-refractivity contribution in [2.75, 3.05) is 13.2 Å². The van der Waals surface area contributed by atoms with Crippen LogP contribution in [0.15, 0.2) is 53.1 Å². The van der Waals surface area contributed by atoms with Crippen molar-refractivity contribution in [2.24, 2.45) is 0 Å². The summed E-state index contributed by atoms with van der Waals surface area (Å²) in [6, 6.07) is 14.8. The molecule has 2 N–H and O–H groups in total. The van der Waals surface area contributed by atoms with Crippen molar-refractivity contribution in [3.63, 3.8) is 0 Å². The fourth-order valence-electron chi connectivity index (χ4n) is 2.52. The van der Waals surface area contributed by atoms with E-state index in [1.165, 1.54) is 5.56 Å². The van der Waals surface area contributed by atoms with E-state index in [0.717, 1.165) is 5.56 Å². The standard InChI is InChI=1S/C20H21N3O4/c1-14-4-2-3-5-16(14)12-18-22-19(27-23-18)13-26-17-8-6-15(7-9-17)20(25)21-10-11-24/h2-9,24H,10-13H2,1H3,(H,21,25). The van der Waals surface area contributed by atoms with Crippen LogP contribution >= 0.6 is 0 Å². The fourth-order valence-corrected chi connectivity index (χ4v) is 2.52. The van der Waals surface area contributed by atoms with Gasteiger partial charge in [0.1, 0.15) is 5.75 Å². The van der Waals surface area contributed by atoms with Gasteiger partial charge in [0, 0.05) is 18.5 Å². The smallest absolute Gasteiger partial charge is 0.264 e. The van der Waals surface area contributed by atoms with Gasteiger partial charge >= 0.3 is 0 Å². The highest BCUT2D eigenvalue weighted by Crippen LogP contribution is 2.15. The summed E-state index contributed by atoms with van der Waals surface area (Å²) < 4.78 is 10.9. The van der Waals surface area contributed by atoms with Gasteiger partial charge in [0.2, 0.25) is 0 Å². The summed E-state index contributed by atoms with van der Waals surface area (Å²) in [5.74, 6) is 1.35. The van der Waals surface area contributed by atoms with Crippen LogP contribution < -0.4 is 10.1 Å². The number of carbonyl (C=O) groups is 1. The molecule has 1 amide bonds. The van der Waals surface area contributed by atoms with Crippen molar-refractivity contribution in [1.29, 1.82) is 0 Å². The number of benzene rings is 2. The van der Waals surface area contributed by atoms with Crippen LogP contribution in [0.2, 0.25) is 0 Å². The van der Waals surface area contributed by atoms with E-state index < -0.39 is 0 Å². The molecule has 27 heavy (non-hydrogen) atoms. The molecule has 0 unspecified atom stereocenters. The second-order valence-electron chi connectivity index (χ2n) is 6.00. The number of rotatable bonds is 8. The highest BCUT2D eigenvalue weighted by molar-refractivity contribution is 5.94. The molecular formula is C20H21N3O4. The monoisotopic (exact) mass is 367 g/mol. The van der Waals surface area contributed by atoms with Crippen LogP contribution in [0.25, 0.3) is 0 Å². The van der Waals surface area contributed by atoms with Crippen molar-refractivity contribution in [1.82, 2.24) is 15.5 Å².